The molecule has 0 aliphatic heterocycles. The molecule has 0 fully saturated rings. The van der Waals surface area contributed by atoms with E-state index in [0.29, 0.717) is 16.6 Å². The number of aryl methyl sites for hydroxylation is 1. The largest absolute Gasteiger partial charge is 0.497 e. The molecule has 9 heteroatoms. The van der Waals surface area contributed by atoms with Gasteiger partial charge in [-0.25, -0.2) is 4.98 Å². The lowest BCUT2D eigenvalue weighted by Crippen LogP contribution is -2.13. The first-order valence-electron chi connectivity index (χ1n) is 7.27. The second-order valence-electron chi connectivity index (χ2n) is 4.80. The fourth-order valence-corrected chi connectivity index (χ4v) is 2.62. The van der Waals surface area contributed by atoms with E-state index in [9.17, 15) is 4.79 Å². The van der Waals surface area contributed by atoms with Gasteiger partial charge in [0.25, 0.3) is 5.91 Å². The molecule has 2 heterocycles. The quantitative estimate of drug-likeness (QED) is 0.635. The lowest BCUT2D eigenvalue weighted by Gasteiger charge is -2.03. The van der Waals surface area contributed by atoms with Crippen LogP contribution in [-0.2, 0) is 6.42 Å². The summed E-state index contributed by atoms with van der Waals surface area (Å²) in [7, 11) is 1.62. The van der Waals surface area contributed by atoms with E-state index in [0.717, 1.165) is 17.9 Å². The molecular weight excluding hydrogens is 328 g/mol. The smallest absolute Gasteiger partial charge is 0.277 e. The summed E-state index contributed by atoms with van der Waals surface area (Å²) in [5.41, 5.74) is 1.16. The third-order valence-electron chi connectivity index (χ3n) is 3.17. The van der Waals surface area contributed by atoms with Crippen LogP contribution in [0.2, 0.25) is 0 Å². The molecule has 0 unspecified atom stereocenters. The maximum absolute atomic E-state index is 12.2. The van der Waals surface area contributed by atoms with Crippen LogP contribution in [-0.4, -0.2) is 33.2 Å². The first-order valence-corrected chi connectivity index (χ1v) is 8.15. The highest BCUT2D eigenvalue weighted by atomic mass is 32.1. The van der Waals surface area contributed by atoms with Gasteiger partial charge in [-0.15, -0.1) is 16.4 Å². The van der Waals surface area contributed by atoms with Gasteiger partial charge in [-0.05, 0) is 24.3 Å². The molecule has 0 saturated heterocycles. The Kier molecular flexibility index (Phi) is 4.71. The van der Waals surface area contributed by atoms with Crippen LogP contribution in [0.4, 0.5) is 16.8 Å². The summed E-state index contributed by atoms with van der Waals surface area (Å²) >= 11 is 1.34. The number of aromatic nitrogens is 4. The molecule has 124 valence electrons. The highest BCUT2D eigenvalue weighted by Gasteiger charge is 2.13. The number of thiazole rings is 1. The Labute approximate surface area is 142 Å². The minimum absolute atomic E-state index is 0.245. The number of ether oxygens (including phenoxy) is 1. The van der Waals surface area contributed by atoms with Gasteiger partial charge in [0.15, 0.2) is 5.13 Å². The first kappa shape index (κ1) is 15.9. The number of methoxy groups -OCH3 is 1. The molecule has 1 aromatic carbocycles. The number of carbonyl (C=O) groups is 1. The van der Waals surface area contributed by atoms with Gasteiger partial charge in [-0.1, -0.05) is 6.92 Å². The Morgan fingerprint density at radius 1 is 1.29 bits per heavy atom. The topological polar surface area (TPSA) is 105 Å². The van der Waals surface area contributed by atoms with Gasteiger partial charge >= 0.3 is 0 Å². The standard InChI is InChI=1S/C15H16N6O2S/c1-3-12-18-14(21-20-12)19-13(22)11-8-24-15(17-11)16-9-4-6-10(23-2)7-5-9/h4-8H,3H2,1-2H3,(H,16,17)(H2,18,19,20,21,22). The minimum atomic E-state index is -0.351. The Balaban J connectivity index is 1.64. The molecule has 3 rings (SSSR count). The molecule has 8 nitrogen and oxygen atoms in total. The number of aromatic amines is 1. The predicted octanol–water partition coefficient (Wildman–Crippen LogP) is 2.83. The summed E-state index contributed by atoms with van der Waals surface area (Å²) < 4.78 is 5.11. The molecule has 0 radical (unpaired) electrons. The van der Waals surface area contributed by atoms with Crippen molar-refractivity contribution >= 4 is 34.0 Å². The van der Waals surface area contributed by atoms with Gasteiger partial charge < -0.3 is 10.1 Å². The Morgan fingerprint density at radius 2 is 2.08 bits per heavy atom. The van der Waals surface area contributed by atoms with Crippen molar-refractivity contribution in [1.82, 2.24) is 20.2 Å². The Bertz CT molecular complexity index is 827. The van der Waals surface area contributed by atoms with Gasteiger partial charge in [-0.3, -0.25) is 15.2 Å². The first-order chi connectivity index (χ1) is 11.7. The second kappa shape index (κ2) is 7.09. The summed E-state index contributed by atoms with van der Waals surface area (Å²) in [5, 5.41) is 14.7. The van der Waals surface area contributed by atoms with Gasteiger partial charge in [0.1, 0.15) is 17.3 Å². The van der Waals surface area contributed by atoms with Crippen molar-refractivity contribution in [3.05, 3.63) is 41.2 Å². The van der Waals surface area contributed by atoms with Gasteiger partial charge in [0, 0.05) is 17.5 Å². The number of benzene rings is 1. The van der Waals surface area contributed by atoms with E-state index in [1.54, 1.807) is 12.5 Å². The SMILES string of the molecule is CCc1nc(NC(=O)c2csc(Nc3ccc(OC)cc3)n2)n[nH]1. The molecule has 2 aromatic heterocycles. The lowest BCUT2D eigenvalue weighted by molar-refractivity contribution is 0.102. The molecule has 0 bridgehead atoms. The van der Waals surface area contributed by atoms with E-state index < -0.39 is 0 Å². The molecular formula is C15H16N6O2S. The van der Waals surface area contributed by atoms with Gasteiger partial charge in [-0.2, -0.15) is 4.98 Å². The van der Waals surface area contributed by atoms with Crippen LogP contribution in [0.3, 0.4) is 0 Å². The summed E-state index contributed by atoms with van der Waals surface area (Å²) in [5.74, 6) is 1.38. The van der Waals surface area contributed by atoms with E-state index in [-0.39, 0.29) is 11.9 Å². The van der Waals surface area contributed by atoms with Crippen molar-refractivity contribution in [3.63, 3.8) is 0 Å². The maximum Gasteiger partial charge on any atom is 0.277 e. The molecule has 1 amide bonds. The average molecular weight is 344 g/mol. The fourth-order valence-electron chi connectivity index (χ4n) is 1.91. The minimum Gasteiger partial charge on any atom is -0.497 e. The number of hydrogen-bond donors (Lipinski definition) is 3. The molecule has 0 aliphatic carbocycles. The fraction of sp³-hybridized carbons (Fsp3) is 0.200. The van der Waals surface area contributed by atoms with Crippen LogP contribution in [0, 0.1) is 0 Å². The highest BCUT2D eigenvalue weighted by molar-refractivity contribution is 7.14. The zero-order valence-corrected chi connectivity index (χ0v) is 14.0. The lowest BCUT2D eigenvalue weighted by atomic mass is 10.3. The normalized spacial score (nSPS) is 10.4. The molecule has 24 heavy (non-hydrogen) atoms. The monoisotopic (exact) mass is 344 g/mol. The van der Waals surface area contributed by atoms with Crippen molar-refractivity contribution in [2.75, 3.05) is 17.7 Å². The number of amides is 1. The number of H-pyrrole nitrogens is 1. The zero-order chi connectivity index (χ0) is 16.9. The molecule has 0 aliphatic rings. The summed E-state index contributed by atoms with van der Waals surface area (Å²) in [6.07, 6.45) is 0.718. The number of carbonyl (C=O) groups excluding carboxylic acids is 1. The van der Waals surface area contributed by atoms with Crippen molar-refractivity contribution in [1.29, 1.82) is 0 Å². The van der Waals surface area contributed by atoms with Crippen molar-refractivity contribution in [3.8, 4) is 5.75 Å². The molecule has 0 spiro atoms. The van der Waals surface area contributed by atoms with Crippen LogP contribution in [0.5, 0.6) is 5.75 Å². The van der Waals surface area contributed by atoms with Crippen molar-refractivity contribution in [2.24, 2.45) is 0 Å². The van der Waals surface area contributed by atoms with Crippen molar-refractivity contribution < 1.29 is 9.53 Å². The van der Waals surface area contributed by atoms with Crippen molar-refractivity contribution in [2.45, 2.75) is 13.3 Å². The van der Waals surface area contributed by atoms with Crippen LogP contribution >= 0.6 is 11.3 Å². The third kappa shape index (κ3) is 3.69. The van der Waals surface area contributed by atoms with Crippen LogP contribution < -0.4 is 15.4 Å². The zero-order valence-electron chi connectivity index (χ0n) is 13.2. The Hall–Kier alpha value is -2.94. The van der Waals surface area contributed by atoms with E-state index in [4.69, 9.17) is 4.74 Å². The summed E-state index contributed by atoms with van der Waals surface area (Å²) in [6, 6.07) is 7.44. The molecule has 3 N–H and O–H groups in total. The highest BCUT2D eigenvalue weighted by Crippen LogP contribution is 2.23. The molecule has 0 saturated carbocycles. The maximum atomic E-state index is 12.2. The Morgan fingerprint density at radius 3 is 2.75 bits per heavy atom. The predicted molar refractivity (Wildman–Crippen MR) is 92.1 cm³/mol. The van der Waals surface area contributed by atoms with Crippen LogP contribution in [0.1, 0.15) is 23.2 Å². The number of nitrogens with one attached hydrogen (secondary N) is 3. The summed E-state index contributed by atoms with van der Waals surface area (Å²) in [6.45, 7) is 1.95. The number of rotatable bonds is 6. The van der Waals surface area contributed by atoms with E-state index in [2.05, 4.69) is 30.8 Å². The molecule has 0 atom stereocenters. The third-order valence-corrected chi connectivity index (χ3v) is 3.93. The number of nitrogens with zero attached hydrogens (tertiary/aromatic N) is 3. The molecule has 3 aromatic rings. The van der Waals surface area contributed by atoms with E-state index in [1.807, 2.05) is 31.2 Å². The van der Waals surface area contributed by atoms with Gasteiger partial charge in [0.2, 0.25) is 5.95 Å². The number of hydrogen-bond acceptors (Lipinski definition) is 7. The van der Waals surface area contributed by atoms with E-state index in [1.165, 1.54) is 11.3 Å². The van der Waals surface area contributed by atoms with E-state index >= 15 is 0 Å². The van der Waals surface area contributed by atoms with Gasteiger partial charge in [0.05, 0.1) is 7.11 Å². The van der Waals surface area contributed by atoms with Crippen LogP contribution in [0.25, 0.3) is 0 Å². The summed E-state index contributed by atoms with van der Waals surface area (Å²) in [4.78, 5) is 20.6. The average Bonchev–Trinajstić information content (AvgIpc) is 3.25. The van der Waals surface area contributed by atoms with Crippen LogP contribution in [0.15, 0.2) is 29.6 Å². The number of anilines is 3. The second-order valence-corrected chi connectivity index (χ2v) is 5.66.